The Labute approximate surface area is 154 Å². The number of nitrogens with one attached hydrogen (secondary N) is 1. The molecule has 2 amide bonds. The number of urea groups is 1. The maximum absolute atomic E-state index is 12.9. The molecule has 0 radical (unpaired) electrons. The molecule has 2 atom stereocenters. The third kappa shape index (κ3) is 3.16. The van der Waals surface area contributed by atoms with Crippen LogP contribution in [-0.4, -0.2) is 40.4 Å². The van der Waals surface area contributed by atoms with Gasteiger partial charge in [-0.15, -0.1) is 0 Å². The molecule has 26 heavy (non-hydrogen) atoms. The molecular formula is C18H20ClF3N2O2. The van der Waals surface area contributed by atoms with Crippen molar-refractivity contribution in [1.29, 1.82) is 0 Å². The highest BCUT2D eigenvalue weighted by Gasteiger charge is 2.54. The lowest BCUT2D eigenvalue weighted by Crippen LogP contribution is -2.65. The second-order valence-corrected chi connectivity index (χ2v) is 8.06. The van der Waals surface area contributed by atoms with Crippen molar-refractivity contribution in [3.8, 4) is 0 Å². The summed E-state index contributed by atoms with van der Waals surface area (Å²) in [4.78, 5) is 14.1. The summed E-state index contributed by atoms with van der Waals surface area (Å²) in [6.07, 6.45) is -2.59. The Kier molecular flexibility index (Phi) is 4.34. The molecule has 8 heteroatoms. The molecule has 1 saturated heterocycles. The molecule has 1 heterocycles. The van der Waals surface area contributed by atoms with Gasteiger partial charge >= 0.3 is 12.2 Å². The molecule has 142 valence electrons. The number of hydrogen-bond acceptors (Lipinski definition) is 2. The number of aliphatic hydroxyl groups is 1. The number of carbonyl (C=O) groups is 1. The van der Waals surface area contributed by atoms with Crippen molar-refractivity contribution < 1.29 is 23.1 Å². The number of nitrogens with zero attached hydrogens (tertiary/aromatic N) is 1. The molecular weight excluding hydrogens is 369 g/mol. The van der Waals surface area contributed by atoms with Gasteiger partial charge in [0, 0.05) is 22.8 Å². The van der Waals surface area contributed by atoms with Crippen LogP contribution in [0.15, 0.2) is 18.2 Å². The summed E-state index contributed by atoms with van der Waals surface area (Å²) < 4.78 is 38.7. The summed E-state index contributed by atoms with van der Waals surface area (Å²) >= 11 is 6.21. The second-order valence-electron chi connectivity index (χ2n) is 7.65. The molecule has 1 aliphatic heterocycles. The van der Waals surface area contributed by atoms with Gasteiger partial charge in [0.05, 0.1) is 12.0 Å². The number of amides is 2. The van der Waals surface area contributed by atoms with E-state index in [0.29, 0.717) is 30.0 Å². The van der Waals surface area contributed by atoms with E-state index in [1.807, 2.05) is 0 Å². The van der Waals surface area contributed by atoms with Crippen LogP contribution in [0.2, 0.25) is 5.02 Å². The Balaban J connectivity index is 1.41. The minimum atomic E-state index is -4.18. The molecule has 4 rings (SSSR count). The number of aliphatic hydroxyl groups excluding tert-OH is 1. The fourth-order valence-electron chi connectivity index (χ4n) is 4.44. The molecule has 2 aliphatic carbocycles. The number of benzene rings is 1. The molecule has 3 fully saturated rings. The number of rotatable bonds is 2. The van der Waals surface area contributed by atoms with Gasteiger partial charge in [0.25, 0.3) is 0 Å². The lowest BCUT2D eigenvalue weighted by atomic mass is 9.73. The predicted molar refractivity (Wildman–Crippen MR) is 91.3 cm³/mol. The van der Waals surface area contributed by atoms with E-state index in [4.69, 9.17) is 11.6 Å². The molecule has 1 aromatic carbocycles. The first-order chi connectivity index (χ1) is 12.2. The minimum absolute atomic E-state index is 0.0146. The van der Waals surface area contributed by atoms with Crippen molar-refractivity contribution in [2.45, 2.75) is 62.4 Å². The van der Waals surface area contributed by atoms with E-state index in [9.17, 15) is 23.1 Å². The fourth-order valence-corrected chi connectivity index (χ4v) is 4.71. The Hall–Kier alpha value is -1.47. The topological polar surface area (TPSA) is 52.6 Å². The number of piperidine rings is 1. The Bertz CT molecular complexity index is 709. The fraction of sp³-hybridized carbons (Fsp3) is 0.611. The first kappa shape index (κ1) is 17.9. The first-order valence-electron chi connectivity index (χ1n) is 8.86. The smallest absolute Gasteiger partial charge is 0.391 e. The van der Waals surface area contributed by atoms with Gasteiger partial charge in [-0.25, -0.2) is 4.79 Å². The molecule has 3 aliphatic rings. The first-order valence-corrected chi connectivity index (χ1v) is 9.23. The standard InChI is InChI=1S/C18H20ClF3N2O2/c19-16-2-1-11(7-15(16)9-3-14(25)4-9)23-17(26)24-12-5-10(18(20,21)22)6-13(24)8-12/h1-2,7,9-10,12-14,25H,3-6,8H2,(H,23,26). The third-order valence-corrected chi connectivity index (χ3v) is 6.29. The maximum atomic E-state index is 12.9. The summed E-state index contributed by atoms with van der Waals surface area (Å²) in [5.74, 6) is -1.13. The van der Waals surface area contributed by atoms with E-state index in [1.54, 1.807) is 23.1 Å². The van der Waals surface area contributed by atoms with Crippen LogP contribution in [0.4, 0.5) is 23.7 Å². The van der Waals surface area contributed by atoms with Gasteiger partial charge in [0.1, 0.15) is 0 Å². The molecule has 2 bridgehead atoms. The van der Waals surface area contributed by atoms with Crippen molar-refractivity contribution in [3.05, 3.63) is 28.8 Å². The zero-order valence-electron chi connectivity index (χ0n) is 14.0. The summed E-state index contributed by atoms with van der Waals surface area (Å²) in [7, 11) is 0. The highest BCUT2D eigenvalue weighted by atomic mass is 35.5. The Morgan fingerprint density at radius 3 is 2.38 bits per heavy atom. The molecule has 2 saturated carbocycles. The average Bonchev–Trinajstić information content (AvgIpc) is 2.53. The Morgan fingerprint density at radius 2 is 1.81 bits per heavy atom. The van der Waals surface area contributed by atoms with Crippen LogP contribution in [-0.2, 0) is 0 Å². The van der Waals surface area contributed by atoms with Crippen LogP contribution in [0.1, 0.15) is 43.6 Å². The minimum Gasteiger partial charge on any atom is -0.393 e. The number of carbonyl (C=O) groups excluding carboxylic acids is 1. The SMILES string of the molecule is O=C(Nc1ccc(Cl)c(C2CC(O)C2)c1)N1C2CC1CC(C(F)(F)F)C2. The van der Waals surface area contributed by atoms with Gasteiger partial charge in [-0.2, -0.15) is 13.2 Å². The highest BCUT2D eigenvalue weighted by molar-refractivity contribution is 6.31. The molecule has 0 aromatic heterocycles. The number of halogens is 4. The van der Waals surface area contributed by atoms with Crippen molar-refractivity contribution >= 4 is 23.3 Å². The van der Waals surface area contributed by atoms with Gasteiger partial charge in [0.2, 0.25) is 0 Å². The van der Waals surface area contributed by atoms with Crippen LogP contribution in [0.5, 0.6) is 0 Å². The quantitative estimate of drug-likeness (QED) is 0.782. The average molecular weight is 389 g/mol. The van der Waals surface area contributed by atoms with E-state index in [-0.39, 0.29) is 43.0 Å². The van der Waals surface area contributed by atoms with E-state index in [1.165, 1.54) is 0 Å². The summed E-state index contributed by atoms with van der Waals surface area (Å²) in [6.45, 7) is 0. The summed E-state index contributed by atoms with van der Waals surface area (Å²) in [5, 5.41) is 12.9. The van der Waals surface area contributed by atoms with Crippen molar-refractivity contribution in [2.75, 3.05) is 5.32 Å². The molecule has 4 nitrogen and oxygen atoms in total. The molecule has 0 spiro atoms. The predicted octanol–water partition coefficient (Wildman–Crippen LogP) is 4.53. The zero-order chi connectivity index (χ0) is 18.6. The van der Waals surface area contributed by atoms with Crippen molar-refractivity contribution in [3.63, 3.8) is 0 Å². The maximum Gasteiger partial charge on any atom is 0.391 e. The number of anilines is 1. The van der Waals surface area contributed by atoms with E-state index >= 15 is 0 Å². The molecule has 2 unspecified atom stereocenters. The van der Waals surface area contributed by atoms with Crippen LogP contribution in [0, 0.1) is 5.92 Å². The van der Waals surface area contributed by atoms with Gasteiger partial charge in [-0.3, -0.25) is 0 Å². The van der Waals surface area contributed by atoms with Crippen LogP contribution < -0.4 is 5.32 Å². The number of alkyl halides is 3. The van der Waals surface area contributed by atoms with Crippen LogP contribution in [0.25, 0.3) is 0 Å². The largest absolute Gasteiger partial charge is 0.393 e. The lowest BCUT2D eigenvalue weighted by Gasteiger charge is -2.55. The number of likely N-dealkylation sites (tertiary alicyclic amines) is 1. The van der Waals surface area contributed by atoms with Gasteiger partial charge in [0.15, 0.2) is 0 Å². The van der Waals surface area contributed by atoms with Gasteiger partial charge in [-0.05, 0) is 61.8 Å². The monoisotopic (exact) mass is 388 g/mol. The molecule has 2 N–H and O–H groups in total. The second kappa shape index (κ2) is 6.30. The van der Waals surface area contributed by atoms with E-state index in [2.05, 4.69) is 5.32 Å². The highest BCUT2D eigenvalue weighted by Crippen LogP contribution is 2.47. The van der Waals surface area contributed by atoms with Crippen LogP contribution in [0.3, 0.4) is 0 Å². The van der Waals surface area contributed by atoms with Crippen molar-refractivity contribution in [1.82, 2.24) is 4.90 Å². The van der Waals surface area contributed by atoms with Gasteiger partial charge < -0.3 is 15.3 Å². The number of fused-ring (bicyclic) bond motifs is 2. The number of hydrogen-bond donors (Lipinski definition) is 2. The third-order valence-electron chi connectivity index (χ3n) is 5.94. The van der Waals surface area contributed by atoms with Crippen molar-refractivity contribution in [2.24, 2.45) is 5.92 Å². The van der Waals surface area contributed by atoms with Crippen LogP contribution >= 0.6 is 11.6 Å². The summed E-state index contributed by atoms with van der Waals surface area (Å²) in [6, 6.07) is 4.16. The van der Waals surface area contributed by atoms with Gasteiger partial charge in [-0.1, -0.05) is 11.6 Å². The Morgan fingerprint density at radius 1 is 1.15 bits per heavy atom. The van der Waals surface area contributed by atoms with E-state index < -0.39 is 12.1 Å². The van der Waals surface area contributed by atoms with E-state index in [0.717, 1.165) is 5.56 Å². The zero-order valence-corrected chi connectivity index (χ0v) is 14.7. The summed E-state index contributed by atoms with van der Waals surface area (Å²) in [5.41, 5.74) is 1.46. The lowest BCUT2D eigenvalue weighted by molar-refractivity contribution is -0.205. The molecule has 1 aromatic rings. The normalized spacial score (nSPS) is 33.3.